The molecule has 55 valence electrons. The van der Waals surface area contributed by atoms with Gasteiger partial charge in [-0.15, -0.1) is 0 Å². The number of rotatable bonds is 1. The molecule has 0 aliphatic carbocycles. The van der Waals surface area contributed by atoms with Crippen molar-refractivity contribution in [3.63, 3.8) is 0 Å². The van der Waals surface area contributed by atoms with E-state index < -0.39 is 23.2 Å². The van der Waals surface area contributed by atoms with E-state index in [1.807, 2.05) is 0 Å². The van der Waals surface area contributed by atoms with Gasteiger partial charge in [0.1, 0.15) is 0 Å². The van der Waals surface area contributed by atoms with Gasteiger partial charge >= 0.3 is 70.7 Å². The molecule has 0 amide bonds. The topological polar surface area (TPSA) is 9.23 Å². The minimum absolute atomic E-state index is 0.263. The van der Waals surface area contributed by atoms with Gasteiger partial charge in [-0.2, -0.15) is 0 Å². The van der Waals surface area contributed by atoms with Crippen LogP contribution in [0.1, 0.15) is 0 Å². The van der Waals surface area contributed by atoms with Gasteiger partial charge in [0.2, 0.25) is 0 Å². The molecule has 0 aromatic heterocycles. The molecule has 0 bridgehead atoms. The molecule has 0 N–H and O–H groups in total. The first-order chi connectivity index (χ1) is 5.15. The van der Waals surface area contributed by atoms with Gasteiger partial charge in [-0.05, 0) is 0 Å². The molecule has 1 rings (SSSR count). The minimum atomic E-state index is -1.01. The fourth-order valence-corrected chi connectivity index (χ4v) is 1.25. The van der Waals surface area contributed by atoms with Crippen molar-refractivity contribution in [2.75, 3.05) is 0 Å². The monoisotopic (exact) mass is 211 g/mol. The molecule has 5 heteroatoms. The molecule has 0 heterocycles. The molecule has 0 aliphatic rings. The molecule has 1 aromatic carbocycles. The van der Waals surface area contributed by atoms with Crippen LogP contribution in [0.25, 0.3) is 0 Å². The predicted molar refractivity (Wildman–Crippen MR) is 26.9 cm³/mol. The van der Waals surface area contributed by atoms with Crippen LogP contribution < -0.4 is 3.56 Å². The second-order valence-electron chi connectivity index (χ2n) is 1.84. The van der Waals surface area contributed by atoms with Gasteiger partial charge in [-0.25, -0.2) is 0 Å². The normalized spacial score (nSPS) is 9.91. The predicted octanol–water partition coefficient (Wildman–Crippen LogP) is 1.94. The van der Waals surface area contributed by atoms with Crippen LogP contribution in [-0.4, -0.2) is 0 Å². The van der Waals surface area contributed by atoms with Crippen molar-refractivity contribution >= 4 is 0 Å². The van der Waals surface area contributed by atoms with E-state index >= 15 is 0 Å². The Balaban J connectivity index is 3.25. The quantitative estimate of drug-likeness (QED) is 0.647. The van der Waals surface area contributed by atoms with Crippen LogP contribution in [0.4, 0.5) is 13.2 Å². The second-order valence-corrected chi connectivity index (χ2v) is 2.45. The van der Waals surface area contributed by atoms with E-state index in [-0.39, 0.29) is 18.7 Å². The van der Waals surface area contributed by atoms with Crippen molar-refractivity contribution in [3.8, 4) is 5.75 Å². The summed E-state index contributed by atoms with van der Waals surface area (Å²) < 4.78 is 41.7. The van der Waals surface area contributed by atoms with Crippen molar-refractivity contribution < 1.29 is 35.4 Å². The molecule has 1 aromatic rings. The van der Waals surface area contributed by atoms with Crippen molar-refractivity contribution in [1.29, 1.82) is 0 Å². The van der Waals surface area contributed by atoms with Crippen molar-refractivity contribution in [2.45, 2.75) is 0 Å². The molecule has 1 nitrogen and oxygen atoms in total. The first-order valence-corrected chi connectivity index (χ1v) is 3.93. The standard InChI is InChI=1S/C6H3F3O.Zn/c7-3-1-4(8)6(10)5(9)2-3;/h1-2,10H;/q;+1/p-1. The molecule has 0 radical (unpaired) electrons. The van der Waals surface area contributed by atoms with E-state index in [9.17, 15) is 13.2 Å². The van der Waals surface area contributed by atoms with E-state index in [0.717, 1.165) is 0 Å². The van der Waals surface area contributed by atoms with E-state index in [1.165, 1.54) is 0 Å². The van der Waals surface area contributed by atoms with Gasteiger partial charge in [0.15, 0.2) is 0 Å². The third-order valence-corrected chi connectivity index (χ3v) is 1.71. The van der Waals surface area contributed by atoms with Gasteiger partial charge in [-0.1, -0.05) is 0 Å². The maximum atomic E-state index is 12.5. The van der Waals surface area contributed by atoms with Crippen LogP contribution in [0.15, 0.2) is 12.1 Å². The Morgan fingerprint density at radius 1 is 1.09 bits per heavy atom. The first kappa shape index (κ1) is 8.53. The molecule has 0 saturated carbocycles. The number of hydrogen-bond acceptors (Lipinski definition) is 1. The van der Waals surface area contributed by atoms with Gasteiger partial charge < -0.3 is 0 Å². The SMILES string of the molecule is Fc1cc(F)c([O][Zn])c(F)c1. The van der Waals surface area contributed by atoms with E-state index in [4.69, 9.17) is 0 Å². The third kappa shape index (κ3) is 1.72. The summed E-state index contributed by atoms with van der Waals surface area (Å²) in [5.74, 6) is -3.46. The molecule has 0 spiro atoms. The first-order valence-electron chi connectivity index (χ1n) is 2.71. The Kier molecular flexibility index (Phi) is 2.50. The zero-order valence-electron chi connectivity index (χ0n) is 5.40. The molecule has 0 atom stereocenters. The van der Waals surface area contributed by atoms with Crippen LogP contribution >= 0.6 is 0 Å². The van der Waals surface area contributed by atoms with Crippen molar-refractivity contribution in [3.05, 3.63) is 29.6 Å². The summed E-state index contributed by atoms with van der Waals surface area (Å²) in [6, 6.07) is 1.15. The summed E-state index contributed by atoms with van der Waals surface area (Å²) in [6.45, 7) is 0. The van der Waals surface area contributed by atoms with E-state index in [1.54, 1.807) is 0 Å². The van der Waals surface area contributed by atoms with Crippen molar-refractivity contribution in [2.24, 2.45) is 0 Å². The van der Waals surface area contributed by atoms with Crippen LogP contribution in [0.5, 0.6) is 5.75 Å². The zero-order valence-corrected chi connectivity index (χ0v) is 8.37. The van der Waals surface area contributed by atoms with Crippen LogP contribution in [0, 0.1) is 17.5 Å². The average molecular weight is 212 g/mol. The summed E-state index contributed by atoms with van der Waals surface area (Å²) in [5, 5.41) is 0. The van der Waals surface area contributed by atoms with E-state index in [2.05, 4.69) is 3.56 Å². The van der Waals surface area contributed by atoms with Gasteiger partial charge in [0.05, 0.1) is 0 Å². The number of halogens is 3. The summed E-state index contributed by atoms with van der Waals surface area (Å²) in [5.41, 5.74) is 0. The zero-order chi connectivity index (χ0) is 8.43. The molecule has 0 aliphatic heterocycles. The summed E-state index contributed by atoms with van der Waals surface area (Å²) in [7, 11) is 0. The van der Waals surface area contributed by atoms with Crippen molar-refractivity contribution in [1.82, 2.24) is 0 Å². The Morgan fingerprint density at radius 2 is 1.55 bits per heavy atom. The maximum absolute atomic E-state index is 12.5. The Hall–Kier alpha value is -0.567. The Morgan fingerprint density at radius 3 is 1.91 bits per heavy atom. The molecule has 0 unspecified atom stereocenters. The molecule has 0 fully saturated rings. The third-order valence-electron chi connectivity index (χ3n) is 1.11. The fraction of sp³-hybridized carbons (Fsp3) is 0. The summed E-state index contributed by atoms with van der Waals surface area (Å²) in [4.78, 5) is 0. The number of benzene rings is 1. The molecular formula is C6H2F3OZn. The van der Waals surface area contributed by atoms with Gasteiger partial charge in [0, 0.05) is 0 Å². The molecular weight excluding hydrogens is 210 g/mol. The fourth-order valence-electron chi connectivity index (χ4n) is 0.667. The molecule has 0 saturated heterocycles. The molecule has 11 heavy (non-hydrogen) atoms. The van der Waals surface area contributed by atoms with Crippen LogP contribution in [0.3, 0.4) is 0 Å². The van der Waals surface area contributed by atoms with Crippen LogP contribution in [0.2, 0.25) is 0 Å². The van der Waals surface area contributed by atoms with Gasteiger partial charge in [-0.3, -0.25) is 0 Å². The summed E-state index contributed by atoms with van der Waals surface area (Å²) >= 11 is 0.263. The number of hydrogen-bond donors (Lipinski definition) is 0. The Labute approximate surface area is 71.2 Å². The second kappa shape index (κ2) is 3.22. The average Bonchev–Trinajstić information content (AvgIpc) is 1.85. The summed E-state index contributed by atoms with van der Waals surface area (Å²) in [6.07, 6.45) is 0. The van der Waals surface area contributed by atoms with Crippen LogP contribution in [-0.2, 0) is 18.7 Å². The van der Waals surface area contributed by atoms with Gasteiger partial charge in [0.25, 0.3) is 0 Å². The Bertz CT molecular complexity index is 254. The van der Waals surface area contributed by atoms with E-state index in [0.29, 0.717) is 12.1 Å².